The number of nitrogens with one attached hydrogen (secondary N) is 2. The predicted molar refractivity (Wildman–Crippen MR) is 101 cm³/mol. The molecule has 1 fully saturated rings. The van der Waals surface area contributed by atoms with Crippen molar-refractivity contribution in [3.05, 3.63) is 54.4 Å². The molecule has 0 bridgehead atoms. The molecule has 0 atom stereocenters. The van der Waals surface area contributed by atoms with Gasteiger partial charge in [-0.25, -0.2) is 4.79 Å². The molecular weight excluding hydrogens is 346 g/mol. The van der Waals surface area contributed by atoms with Crippen LogP contribution >= 0.6 is 0 Å². The molecule has 1 aliphatic carbocycles. The normalized spacial score (nSPS) is 19.1. The van der Waals surface area contributed by atoms with E-state index in [0.29, 0.717) is 43.7 Å². The molecule has 2 aromatic rings. The molecule has 1 aromatic carbocycles. The van der Waals surface area contributed by atoms with E-state index in [4.69, 9.17) is 9.84 Å². The van der Waals surface area contributed by atoms with E-state index in [1.807, 2.05) is 12.1 Å². The summed E-state index contributed by atoms with van der Waals surface area (Å²) in [4.78, 5) is 27.0. The van der Waals surface area contributed by atoms with E-state index in [1.165, 1.54) is 0 Å². The number of aromatic nitrogens is 1. The fourth-order valence-electron chi connectivity index (χ4n) is 3.12. The van der Waals surface area contributed by atoms with Crippen molar-refractivity contribution in [2.45, 2.75) is 38.3 Å². The summed E-state index contributed by atoms with van der Waals surface area (Å²) < 4.78 is 5.70. The molecule has 1 aromatic heterocycles. The molecule has 2 amide bonds. The number of aliphatic carboxylic acids is 1. The fourth-order valence-corrected chi connectivity index (χ4v) is 3.12. The third-order valence-corrected chi connectivity index (χ3v) is 4.68. The van der Waals surface area contributed by atoms with E-state index < -0.39 is 5.97 Å². The summed E-state index contributed by atoms with van der Waals surface area (Å²) in [5.41, 5.74) is 1.70. The van der Waals surface area contributed by atoms with Crippen LogP contribution < -0.4 is 15.4 Å². The number of amides is 2. The number of benzene rings is 1. The minimum Gasteiger partial charge on any atom is -0.489 e. The van der Waals surface area contributed by atoms with E-state index in [0.717, 1.165) is 5.56 Å². The maximum Gasteiger partial charge on any atom is 0.319 e. The van der Waals surface area contributed by atoms with Gasteiger partial charge in [0.2, 0.25) is 0 Å². The first-order chi connectivity index (χ1) is 13.1. The topological polar surface area (TPSA) is 101 Å². The van der Waals surface area contributed by atoms with Gasteiger partial charge < -0.3 is 20.5 Å². The lowest BCUT2D eigenvalue weighted by atomic mass is 9.86. The Hall–Kier alpha value is -3.09. The second kappa shape index (κ2) is 9.02. The maximum absolute atomic E-state index is 12.1. The summed E-state index contributed by atoms with van der Waals surface area (Å²) in [5.74, 6) is -0.320. The second-order valence-electron chi connectivity index (χ2n) is 6.65. The Morgan fingerprint density at radius 1 is 1.04 bits per heavy atom. The van der Waals surface area contributed by atoms with Crippen LogP contribution in [-0.4, -0.2) is 28.1 Å². The number of carboxylic acid groups (broad SMARTS) is 1. The molecule has 142 valence electrons. The number of urea groups is 1. The van der Waals surface area contributed by atoms with Crippen LogP contribution in [0.3, 0.4) is 0 Å². The van der Waals surface area contributed by atoms with Crippen LogP contribution in [0.2, 0.25) is 0 Å². The first kappa shape index (κ1) is 18.7. The minimum atomic E-state index is -0.746. The van der Waals surface area contributed by atoms with Crippen LogP contribution in [0, 0.1) is 5.92 Å². The molecule has 7 heteroatoms. The van der Waals surface area contributed by atoms with E-state index in [9.17, 15) is 9.59 Å². The average Bonchev–Trinajstić information content (AvgIpc) is 2.68. The zero-order chi connectivity index (χ0) is 19.1. The standard InChI is InChI=1S/C20H23N3O4/c24-19(25)15-1-3-16(4-2-15)22-20(26)23-17-5-7-18(8-6-17)27-13-14-9-11-21-12-10-14/h5-12,15-16H,1-4,13H2,(H,24,25)(H2,22,23,26). The highest BCUT2D eigenvalue weighted by molar-refractivity contribution is 5.89. The first-order valence-corrected chi connectivity index (χ1v) is 9.02. The lowest BCUT2D eigenvalue weighted by Crippen LogP contribution is -2.40. The van der Waals surface area contributed by atoms with Crippen molar-refractivity contribution in [1.82, 2.24) is 10.3 Å². The molecule has 0 saturated heterocycles. The quantitative estimate of drug-likeness (QED) is 0.724. The molecule has 7 nitrogen and oxygen atoms in total. The SMILES string of the molecule is O=C(Nc1ccc(OCc2ccncc2)cc1)NC1CCC(C(=O)O)CC1. The third-order valence-electron chi connectivity index (χ3n) is 4.68. The molecule has 0 spiro atoms. The molecule has 27 heavy (non-hydrogen) atoms. The number of ether oxygens (including phenoxy) is 1. The van der Waals surface area contributed by atoms with E-state index in [2.05, 4.69) is 15.6 Å². The molecule has 1 heterocycles. The number of hydrogen-bond donors (Lipinski definition) is 3. The fraction of sp³-hybridized carbons (Fsp3) is 0.350. The van der Waals surface area contributed by atoms with Crippen LogP contribution in [-0.2, 0) is 11.4 Å². The Kier molecular flexibility index (Phi) is 6.25. The van der Waals surface area contributed by atoms with Crippen molar-refractivity contribution in [2.24, 2.45) is 5.92 Å². The highest BCUT2D eigenvalue weighted by Crippen LogP contribution is 2.24. The van der Waals surface area contributed by atoms with Gasteiger partial charge >= 0.3 is 12.0 Å². The molecule has 3 N–H and O–H groups in total. The molecule has 3 rings (SSSR count). The van der Waals surface area contributed by atoms with E-state index in [1.54, 1.807) is 36.7 Å². The molecule has 1 saturated carbocycles. The Labute approximate surface area is 157 Å². The number of hydrogen-bond acceptors (Lipinski definition) is 4. The van der Waals surface area contributed by atoms with Gasteiger partial charge in [0.1, 0.15) is 12.4 Å². The number of carbonyl (C=O) groups excluding carboxylic acids is 1. The Morgan fingerprint density at radius 2 is 1.70 bits per heavy atom. The lowest BCUT2D eigenvalue weighted by Gasteiger charge is -2.26. The van der Waals surface area contributed by atoms with Crippen LogP contribution in [0.1, 0.15) is 31.2 Å². The number of pyridine rings is 1. The lowest BCUT2D eigenvalue weighted by molar-refractivity contribution is -0.142. The average molecular weight is 369 g/mol. The molecular formula is C20H23N3O4. The number of carbonyl (C=O) groups is 2. The van der Waals surface area contributed by atoms with Crippen molar-refractivity contribution >= 4 is 17.7 Å². The van der Waals surface area contributed by atoms with Crippen molar-refractivity contribution in [3.63, 3.8) is 0 Å². The molecule has 0 unspecified atom stereocenters. The number of rotatable bonds is 6. The van der Waals surface area contributed by atoms with Crippen LogP contribution in [0.5, 0.6) is 5.75 Å². The van der Waals surface area contributed by atoms with Gasteiger partial charge in [-0.2, -0.15) is 0 Å². The predicted octanol–water partition coefficient (Wildman–Crippen LogP) is 3.43. The van der Waals surface area contributed by atoms with Gasteiger partial charge in [0.15, 0.2) is 0 Å². The van der Waals surface area contributed by atoms with Gasteiger partial charge in [-0.15, -0.1) is 0 Å². The Bertz CT molecular complexity index is 757. The zero-order valence-electron chi connectivity index (χ0n) is 14.9. The van der Waals surface area contributed by atoms with Crippen LogP contribution in [0.15, 0.2) is 48.8 Å². The molecule has 0 aliphatic heterocycles. The monoisotopic (exact) mass is 369 g/mol. The smallest absolute Gasteiger partial charge is 0.319 e. The van der Waals surface area contributed by atoms with Crippen LogP contribution in [0.4, 0.5) is 10.5 Å². The second-order valence-corrected chi connectivity index (χ2v) is 6.65. The largest absolute Gasteiger partial charge is 0.489 e. The summed E-state index contributed by atoms with van der Waals surface area (Å²) in [6.07, 6.45) is 6.02. The van der Waals surface area contributed by atoms with E-state index in [-0.39, 0.29) is 18.0 Å². The summed E-state index contributed by atoms with van der Waals surface area (Å²) in [7, 11) is 0. The van der Waals surface area contributed by atoms with Crippen molar-refractivity contribution in [2.75, 3.05) is 5.32 Å². The number of nitrogens with zero attached hydrogens (tertiary/aromatic N) is 1. The summed E-state index contributed by atoms with van der Waals surface area (Å²) in [5, 5.41) is 14.7. The van der Waals surface area contributed by atoms with Crippen LogP contribution in [0.25, 0.3) is 0 Å². The highest BCUT2D eigenvalue weighted by Gasteiger charge is 2.26. The number of anilines is 1. The maximum atomic E-state index is 12.1. The molecule has 0 radical (unpaired) electrons. The van der Waals surface area contributed by atoms with Crippen molar-refractivity contribution < 1.29 is 19.4 Å². The molecule has 1 aliphatic rings. The van der Waals surface area contributed by atoms with Gasteiger partial charge in [0.05, 0.1) is 5.92 Å². The Balaban J connectivity index is 1.42. The van der Waals surface area contributed by atoms with Gasteiger partial charge in [0, 0.05) is 24.1 Å². The zero-order valence-corrected chi connectivity index (χ0v) is 14.9. The van der Waals surface area contributed by atoms with Crippen molar-refractivity contribution in [1.29, 1.82) is 0 Å². The van der Waals surface area contributed by atoms with Gasteiger partial charge in [-0.1, -0.05) is 0 Å². The van der Waals surface area contributed by atoms with Gasteiger partial charge in [0.25, 0.3) is 0 Å². The van der Waals surface area contributed by atoms with Crippen molar-refractivity contribution in [3.8, 4) is 5.75 Å². The minimum absolute atomic E-state index is 0.0172. The summed E-state index contributed by atoms with van der Waals surface area (Å²) in [6, 6.07) is 10.7. The summed E-state index contributed by atoms with van der Waals surface area (Å²) >= 11 is 0. The van der Waals surface area contributed by atoms with E-state index >= 15 is 0 Å². The first-order valence-electron chi connectivity index (χ1n) is 9.02. The number of carboxylic acids is 1. The third kappa shape index (κ3) is 5.70. The highest BCUT2D eigenvalue weighted by atomic mass is 16.5. The summed E-state index contributed by atoms with van der Waals surface area (Å²) in [6.45, 7) is 0.453. The van der Waals surface area contributed by atoms with Gasteiger partial charge in [-0.3, -0.25) is 9.78 Å². The van der Waals surface area contributed by atoms with Gasteiger partial charge in [-0.05, 0) is 67.6 Å². The Morgan fingerprint density at radius 3 is 2.33 bits per heavy atom.